The molecule has 2 rings (SSSR count). The van der Waals surface area contributed by atoms with Crippen LogP contribution in [0.2, 0.25) is 0 Å². The molecule has 0 heterocycles. The second-order valence-electron chi connectivity index (χ2n) is 5.94. The number of aromatic hydroxyl groups is 1. The molecule has 28 heavy (non-hydrogen) atoms. The Morgan fingerprint density at radius 3 is 2.54 bits per heavy atom. The first kappa shape index (κ1) is 21.3. The standard InChI is InChI=1S/C20H21NO6S/c1-28-10-9-16(20(25)26)21-19(24)14-7-5-13(6-8-14)12-27-18-4-2-3-17(23)15(18)11-22/h2-8,11,16,23H,9-10,12H2,1H3,(H,21,24)(H,25,26)/t16-/m0/s1. The lowest BCUT2D eigenvalue weighted by Gasteiger charge is -2.14. The first-order valence-electron chi connectivity index (χ1n) is 8.47. The monoisotopic (exact) mass is 403 g/mol. The third-order valence-electron chi connectivity index (χ3n) is 3.99. The van der Waals surface area contributed by atoms with Crippen LogP contribution in [0.3, 0.4) is 0 Å². The first-order chi connectivity index (χ1) is 13.5. The fraction of sp³-hybridized carbons (Fsp3) is 0.250. The maximum Gasteiger partial charge on any atom is 0.326 e. The molecule has 148 valence electrons. The minimum atomic E-state index is -1.07. The Morgan fingerprint density at radius 1 is 1.21 bits per heavy atom. The topological polar surface area (TPSA) is 113 Å². The minimum Gasteiger partial charge on any atom is -0.507 e. The quantitative estimate of drug-likeness (QED) is 0.523. The Labute approximate surface area is 166 Å². The molecule has 0 aliphatic rings. The van der Waals surface area contributed by atoms with Gasteiger partial charge in [0.2, 0.25) is 0 Å². The third kappa shape index (κ3) is 5.75. The predicted octanol–water partition coefficient (Wildman–Crippen LogP) is 2.72. The van der Waals surface area contributed by atoms with Crippen molar-refractivity contribution in [2.45, 2.75) is 19.1 Å². The lowest BCUT2D eigenvalue weighted by atomic mass is 10.1. The van der Waals surface area contributed by atoms with Crippen molar-refractivity contribution in [2.24, 2.45) is 0 Å². The highest BCUT2D eigenvalue weighted by molar-refractivity contribution is 7.98. The maximum atomic E-state index is 12.3. The molecule has 0 bridgehead atoms. The number of carbonyl (C=O) groups excluding carboxylic acids is 2. The van der Waals surface area contributed by atoms with Crippen LogP contribution in [-0.4, -0.2) is 46.4 Å². The van der Waals surface area contributed by atoms with E-state index in [0.29, 0.717) is 24.0 Å². The van der Waals surface area contributed by atoms with E-state index in [9.17, 15) is 24.6 Å². The largest absolute Gasteiger partial charge is 0.507 e. The number of hydrogen-bond acceptors (Lipinski definition) is 6. The number of aldehydes is 1. The van der Waals surface area contributed by atoms with Gasteiger partial charge in [0, 0.05) is 5.56 Å². The van der Waals surface area contributed by atoms with Gasteiger partial charge in [0.1, 0.15) is 24.1 Å². The Morgan fingerprint density at radius 2 is 1.93 bits per heavy atom. The van der Waals surface area contributed by atoms with E-state index in [1.54, 1.807) is 36.4 Å². The minimum absolute atomic E-state index is 0.0726. The van der Waals surface area contributed by atoms with Crippen molar-refractivity contribution in [3.63, 3.8) is 0 Å². The molecular formula is C20H21NO6S. The van der Waals surface area contributed by atoms with Crippen molar-refractivity contribution in [2.75, 3.05) is 12.0 Å². The summed E-state index contributed by atoms with van der Waals surface area (Å²) in [5.41, 5.74) is 1.16. The summed E-state index contributed by atoms with van der Waals surface area (Å²) in [4.78, 5) is 34.5. The van der Waals surface area contributed by atoms with E-state index in [4.69, 9.17) is 4.74 Å². The number of ether oxygens (including phenoxy) is 1. The van der Waals surface area contributed by atoms with Crippen LogP contribution < -0.4 is 10.1 Å². The lowest BCUT2D eigenvalue weighted by molar-refractivity contribution is -0.139. The molecule has 0 saturated heterocycles. The van der Waals surface area contributed by atoms with Crippen LogP contribution in [0.1, 0.15) is 32.7 Å². The number of phenols is 1. The summed E-state index contributed by atoms with van der Waals surface area (Å²) in [6.45, 7) is 0.137. The van der Waals surface area contributed by atoms with Crippen LogP contribution in [0.25, 0.3) is 0 Å². The van der Waals surface area contributed by atoms with Gasteiger partial charge in [-0.2, -0.15) is 11.8 Å². The molecule has 0 aliphatic heterocycles. The van der Waals surface area contributed by atoms with Crippen LogP contribution in [0.5, 0.6) is 11.5 Å². The van der Waals surface area contributed by atoms with Gasteiger partial charge < -0.3 is 20.3 Å². The second-order valence-corrected chi connectivity index (χ2v) is 6.92. The summed E-state index contributed by atoms with van der Waals surface area (Å²) in [5.74, 6) is -0.795. The Balaban J connectivity index is 1.99. The molecule has 0 aliphatic carbocycles. The van der Waals surface area contributed by atoms with Crippen molar-refractivity contribution in [3.8, 4) is 11.5 Å². The Hall–Kier alpha value is -3.00. The summed E-state index contributed by atoms with van der Waals surface area (Å²) >= 11 is 1.51. The number of amides is 1. The van der Waals surface area contributed by atoms with Gasteiger partial charge in [-0.3, -0.25) is 9.59 Å². The smallest absolute Gasteiger partial charge is 0.326 e. The van der Waals surface area contributed by atoms with E-state index in [2.05, 4.69) is 5.32 Å². The zero-order valence-electron chi connectivity index (χ0n) is 15.3. The van der Waals surface area contributed by atoms with Crippen LogP contribution >= 0.6 is 11.8 Å². The molecule has 1 amide bonds. The number of carbonyl (C=O) groups is 3. The molecule has 0 spiro atoms. The SMILES string of the molecule is CSCC[C@H](NC(=O)c1ccc(COc2cccc(O)c2C=O)cc1)C(=O)O. The van der Waals surface area contributed by atoms with Crippen LogP contribution in [0.15, 0.2) is 42.5 Å². The van der Waals surface area contributed by atoms with Crippen LogP contribution in [0.4, 0.5) is 0 Å². The average Bonchev–Trinajstić information content (AvgIpc) is 2.69. The van der Waals surface area contributed by atoms with Crippen LogP contribution in [-0.2, 0) is 11.4 Å². The number of phenolic OH excluding ortho intramolecular Hbond substituents is 1. The second kappa shape index (κ2) is 10.4. The molecule has 0 radical (unpaired) electrons. The highest BCUT2D eigenvalue weighted by atomic mass is 32.2. The fourth-order valence-corrected chi connectivity index (χ4v) is 2.90. The molecule has 2 aromatic rings. The lowest BCUT2D eigenvalue weighted by Crippen LogP contribution is -2.41. The van der Waals surface area contributed by atoms with E-state index in [1.165, 1.54) is 17.8 Å². The zero-order valence-corrected chi connectivity index (χ0v) is 16.1. The molecule has 0 fully saturated rings. The van der Waals surface area contributed by atoms with Gasteiger partial charge in [-0.1, -0.05) is 18.2 Å². The number of aliphatic carboxylic acids is 1. The van der Waals surface area contributed by atoms with Gasteiger partial charge >= 0.3 is 5.97 Å². The summed E-state index contributed by atoms with van der Waals surface area (Å²) < 4.78 is 5.56. The number of carboxylic acid groups (broad SMARTS) is 1. The molecule has 0 saturated carbocycles. The Bertz CT molecular complexity index is 837. The van der Waals surface area contributed by atoms with E-state index >= 15 is 0 Å². The summed E-state index contributed by atoms with van der Waals surface area (Å²) in [5, 5.41) is 21.4. The number of rotatable bonds is 10. The highest BCUT2D eigenvalue weighted by Gasteiger charge is 2.20. The maximum absolute atomic E-state index is 12.3. The van der Waals surface area contributed by atoms with E-state index < -0.39 is 17.9 Å². The highest BCUT2D eigenvalue weighted by Crippen LogP contribution is 2.26. The Kier molecular flexibility index (Phi) is 7.88. The van der Waals surface area contributed by atoms with Gasteiger partial charge in [-0.15, -0.1) is 0 Å². The fourth-order valence-electron chi connectivity index (χ4n) is 2.42. The van der Waals surface area contributed by atoms with Gasteiger partial charge in [-0.25, -0.2) is 4.79 Å². The molecule has 1 atom stereocenters. The van der Waals surface area contributed by atoms with Gasteiger partial charge in [0.25, 0.3) is 5.91 Å². The average molecular weight is 403 g/mol. The van der Waals surface area contributed by atoms with E-state index in [1.807, 2.05) is 6.26 Å². The number of carboxylic acids is 1. The van der Waals surface area contributed by atoms with Crippen molar-refractivity contribution in [1.82, 2.24) is 5.32 Å². The van der Waals surface area contributed by atoms with E-state index in [0.717, 1.165) is 5.56 Å². The van der Waals surface area contributed by atoms with Gasteiger partial charge in [-0.05, 0) is 48.3 Å². The van der Waals surface area contributed by atoms with Crippen molar-refractivity contribution >= 4 is 29.9 Å². The molecule has 0 unspecified atom stereocenters. The molecule has 8 heteroatoms. The van der Waals surface area contributed by atoms with E-state index in [-0.39, 0.29) is 23.7 Å². The van der Waals surface area contributed by atoms with Crippen LogP contribution in [0, 0.1) is 0 Å². The number of hydrogen-bond donors (Lipinski definition) is 3. The molecule has 0 aromatic heterocycles. The molecule has 3 N–H and O–H groups in total. The van der Waals surface area contributed by atoms with Crippen molar-refractivity contribution < 1.29 is 29.3 Å². The zero-order chi connectivity index (χ0) is 20.5. The summed E-state index contributed by atoms with van der Waals surface area (Å²) in [6, 6.07) is 10.1. The number of thioether (sulfide) groups is 1. The third-order valence-corrected chi connectivity index (χ3v) is 4.63. The number of benzene rings is 2. The summed E-state index contributed by atoms with van der Waals surface area (Å²) in [7, 11) is 0. The first-order valence-corrected chi connectivity index (χ1v) is 9.87. The molecule has 2 aromatic carbocycles. The molecule has 7 nitrogen and oxygen atoms in total. The predicted molar refractivity (Wildman–Crippen MR) is 106 cm³/mol. The number of nitrogens with one attached hydrogen (secondary N) is 1. The van der Waals surface area contributed by atoms with Crippen molar-refractivity contribution in [3.05, 3.63) is 59.2 Å². The normalized spacial score (nSPS) is 11.5. The van der Waals surface area contributed by atoms with Crippen molar-refractivity contribution in [1.29, 1.82) is 0 Å². The van der Waals surface area contributed by atoms with Gasteiger partial charge in [0.05, 0.1) is 5.56 Å². The van der Waals surface area contributed by atoms with Gasteiger partial charge in [0.15, 0.2) is 6.29 Å². The molecular weight excluding hydrogens is 382 g/mol. The summed E-state index contributed by atoms with van der Waals surface area (Å²) in [6.07, 6.45) is 2.74.